The summed E-state index contributed by atoms with van der Waals surface area (Å²) in [6, 6.07) is 0. The number of nitrogens with one attached hydrogen (secondary N) is 2. The highest BCUT2D eigenvalue weighted by atomic mass is 16.1. The van der Waals surface area contributed by atoms with E-state index in [0.717, 1.165) is 25.8 Å². The van der Waals surface area contributed by atoms with Crippen molar-refractivity contribution in [3.8, 4) is 0 Å². The first-order chi connectivity index (χ1) is 9.61. The first-order valence-corrected chi connectivity index (χ1v) is 8.21. The van der Waals surface area contributed by atoms with Gasteiger partial charge in [0.25, 0.3) is 0 Å². The zero-order valence-corrected chi connectivity index (χ0v) is 13.6. The summed E-state index contributed by atoms with van der Waals surface area (Å²) >= 11 is 0. The predicted octanol–water partition coefficient (Wildman–Crippen LogP) is 3.91. The van der Waals surface area contributed by atoms with Crippen molar-refractivity contribution < 1.29 is 4.79 Å². The Hall–Kier alpha value is -1.06. The summed E-state index contributed by atoms with van der Waals surface area (Å²) < 4.78 is 0. The van der Waals surface area contributed by atoms with E-state index >= 15 is 0 Å². The van der Waals surface area contributed by atoms with E-state index in [2.05, 4.69) is 19.2 Å². The molecular formula is C16H33N3O. The zero-order valence-electron chi connectivity index (χ0n) is 13.6. The maximum absolute atomic E-state index is 11.7. The van der Waals surface area contributed by atoms with Crippen LogP contribution >= 0.6 is 0 Å². The molecule has 0 fully saturated rings. The summed E-state index contributed by atoms with van der Waals surface area (Å²) in [5, 5.41) is 10.4. The van der Waals surface area contributed by atoms with E-state index in [0.29, 0.717) is 6.42 Å². The molecule has 0 atom stereocenters. The molecule has 0 saturated carbocycles. The van der Waals surface area contributed by atoms with Crippen molar-refractivity contribution in [2.45, 2.75) is 78.1 Å². The van der Waals surface area contributed by atoms with E-state index in [1.54, 1.807) is 4.90 Å². The summed E-state index contributed by atoms with van der Waals surface area (Å²) in [5.74, 6) is 0.195. The molecule has 2 N–H and O–H groups in total. The van der Waals surface area contributed by atoms with Crippen LogP contribution in [-0.2, 0) is 4.79 Å². The Labute approximate surface area is 124 Å². The van der Waals surface area contributed by atoms with E-state index in [4.69, 9.17) is 5.41 Å². The van der Waals surface area contributed by atoms with Gasteiger partial charge < -0.3 is 4.90 Å². The Balaban J connectivity index is 3.47. The van der Waals surface area contributed by atoms with Gasteiger partial charge in [-0.1, -0.05) is 58.8 Å². The van der Waals surface area contributed by atoms with Gasteiger partial charge >= 0.3 is 0 Å². The largest absolute Gasteiger partial charge is 0.346 e. The molecule has 0 bridgehead atoms. The molecule has 0 aromatic heterocycles. The summed E-state index contributed by atoms with van der Waals surface area (Å²) in [5.41, 5.74) is 0. The fourth-order valence-corrected chi connectivity index (χ4v) is 2.16. The Bertz CT molecular complexity index is 266. The Morgan fingerprint density at radius 3 is 2.05 bits per heavy atom. The van der Waals surface area contributed by atoms with Crippen LogP contribution in [0.1, 0.15) is 78.1 Å². The molecule has 0 aliphatic heterocycles. The van der Waals surface area contributed by atoms with Crippen LogP contribution < -0.4 is 5.32 Å². The van der Waals surface area contributed by atoms with Crippen molar-refractivity contribution >= 4 is 11.9 Å². The average Bonchev–Trinajstić information content (AvgIpc) is 2.42. The third-order valence-electron chi connectivity index (χ3n) is 3.46. The highest BCUT2D eigenvalue weighted by Gasteiger charge is 2.07. The number of guanidine groups is 1. The fraction of sp³-hybridized carbons (Fsp3) is 0.875. The van der Waals surface area contributed by atoms with Crippen LogP contribution in [0.5, 0.6) is 0 Å². The smallest absolute Gasteiger partial charge is 0.226 e. The maximum atomic E-state index is 11.7. The molecule has 0 aromatic rings. The van der Waals surface area contributed by atoms with Gasteiger partial charge in [-0.05, 0) is 12.8 Å². The van der Waals surface area contributed by atoms with E-state index in [9.17, 15) is 4.79 Å². The Kier molecular flexibility index (Phi) is 12.3. The van der Waals surface area contributed by atoms with Gasteiger partial charge in [-0.3, -0.25) is 15.5 Å². The quantitative estimate of drug-likeness (QED) is 0.343. The fourth-order valence-electron chi connectivity index (χ4n) is 2.16. The molecule has 1 amide bonds. The van der Waals surface area contributed by atoms with Gasteiger partial charge in [0.1, 0.15) is 0 Å². The third kappa shape index (κ3) is 10.8. The molecule has 0 aromatic carbocycles. The summed E-state index contributed by atoms with van der Waals surface area (Å²) in [4.78, 5) is 13.4. The predicted molar refractivity (Wildman–Crippen MR) is 86.0 cm³/mol. The summed E-state index contributed by atoms with van der Waals surface area (Å²) in [6.07, 6.45) is 11.4. The molecule has 0 saturated heterocycles. The Morgan fingerprint density at radius 1 is 0.950 bits per heavy atom. The molecule has 4 heteroatoms. The molecule has 20 heavy (non-hydrogen) atoms. The van der Waals surface area contributed by atoms with Gasteiger partial charge in [0.15, 0.2) is 5.96 Å². The van der Waals surface area contributed by atoms with Crippen LogP contribution in [0.2, 0.25) is 0 Å². The highest BCUT2D eigenvalue weighted by Crippen LogP contribution is 2.09. The topological polar surface area (TPSA) is 56.2 Å². The molecule has 118 valence electrons. The minimum Gasteiger partial charge on any atom is -0.346 e. The van der Waals surface area contributed by atoms with Crippen LogP contribution in [0.25, 0.3) is 0 Å². The number of unbranched alkanes of at least 4 members (excludes halogenated alkanes) is 7. The SMILES string of the molecule is CCCCCCCCCCC(=O)NC(=N)N(C)CCC. The number of amides is 1. The molecule has 0 spiro atoms. The van der Waals surface area contributed by atoms with E-state index in [1.165, 1.54) is 38.5 Å². The van der Waals surface area contributed by atoms with Gasteiger partial charge in [-0.15, -0.1) is 0 Å². The molecule has 0 radical (unpaired) electrons. The van der Waals surface area contributed by atoms with Crippen molar-refractivity contribution in [1.29, 1.82) is 5.41 Å². The molecule has 4 nitrogen and oxygen atoms in total. The van der Waals surface area contributed by atoms with E-state index in [-0.39, 0.29) is 11.9 Å². The third-order valence-corrected chi connectivity index (χ3v) is 3.46. The highest BCUT2D eigenvalue weighted by molar-refractivity contribution is 5.95. The van der Waals surface area contributed by atoms with Crippen molar-refractivity contribution in [3.63, 3.8) is 0 Å². The van der Waals surface area contributed by atoms with Crippen molar-refractivity contribution in [2.75, 3.05) is 13.6 Å². The lowest BCUT2D eigenvalue weighted by Crippen LogP contribution is -2.41. The molecule has 0 rings (SSSR count). The molecule has 0 aliphatic carbocycles. The lowest BCUT2D eigenvalue weighted by atomic mass is 10.1. The molecule has 0 unspecified atom stereocenters. The summed E-state index contributed by atoms with van der Waals surface area (Å²) in [6.45, 7) is 5.09. The van der Waals surface area contributed by atoms with Crippen LogP contribution in [-0.4, -0.2) is 30.4 Å². The van der Waals surface area contributed by atoms with Gasteiger partial charge in [-0.2, -0.15) is 0 Å². The lowest BCUT2D eigenvalue weighted by Gasteiger charge is -2.19. The van der Waals surface area contributed by atoms with Gasteiger partial charge in [-0.25, -0.2) is 0 Å². The number of rotatable bonds is 11. The van der Waals surface area contributed by atoms with E-state index < -0.39 is 0 Å². The first-order valence-electron chi connectivity index (χ1n) is 8.21. The first kappa shape index (κ1) is 18.9. The molecule has 0 heterocycles. The molecule has 0 aliphatic rings. The van der Waals surface area contributed by atoms with Crippen molar-refractivity contribution in [3.05, 3.63) is 0 Å². The number of carbonyl (C=O) groups excluding carboxylic acids is 1. The Morgan fingerprint density at radius 2 is 1.50 bits per heavy atom. The lowest BCUT2D eigenvalue weighted by molar-refractivity contribution is -0.120. The number of hydrogen-bond acceptors (Lipinski definition) is 2. The van der Waals surface area contributed by atoms with Gasteiger partial charge in [0, 0.05) is 20.0 Å². The van der Waals surface area contributed by atoms with Crippen LogP contribution in [0.15, 0.2) is 0 Å². The van der Waals surface area contributed by atoms with Crippen molar-refractivity contribution in [1.82, 2.24) is 10.2 Å². The minimum atomic E-state index is -0.0241. The minimum absolute atomic E-state index is 0.0241. The number of nitrogens with zero attached hydrogens (tertiary/aromatic N) is 1. The second kappa shape index (κ2) is 12.9. The normalized spacial score (nSPS) is 10.3. The number of carbonyl (C=O) groups is 1. The zero-order chi connectivity index (χ0) is 15.2. The number of hydrogen-bond donors (Lipinski definition) is 2. The van der Waals surface area contributed by atoms with Gasteiger partial charge in [0.05, 0.1) is 0 Å². The van der Waals surface area contributed by atoms with Crippen LogP contribution in [0, 0.1) is 5.41 Å². The average molecular weight is 283 g/mol. The second-order valence-electron chi connectivity index (χ2n) is 5.54. The summed E-state index contributed by atoms with van der Waals surface area (Å²) in [7, 11) is 1.84. The maximum Gasteiger partial charge on any atom is 0.226 e. The van der Waals surface area contributed by atoms with Crippen molar-refractivity contribution in [2.24, 2.45) is 0 Å². The second-order valence-corrected chi connectivity index (χ2v) is 5.54. The standard InChI is InChI=1S/C16H33N3O/c1-4-6-7-8-9-10-11-12-13-15(20)18-16(17)19(3)14-5-2/h4-14H2,1-3H3,(H2,17,18,20). The van der Waals surface area contributed by atoms with Crippen LogP contribution in [0.4, 0.5) is 0 Å². The van der Waals surface area contributed by atoms with E-state index in [1.807, 2.05) is 7.05 Å². The van der Waals surface area contributed by atoms with Gasteiger partial charge in [0.2, 0.25) is 5.91 Å². The van der Waals surface area contributed by atoms with Crippen LogP contribution in [0.3, 0.4) is 0 Å². The molecular weight excluding hydrogens is 250 g/mol. The monoisotopic (exact) mass is 283 g/mol.